The van der Waals surface area contributed by atoms with Crippen LogP contribution in [0.5, 0.6) is 11.5 Å². The smallest absolute Gasteiger partial charge is 0.254 e. The van der Waals surface area contributed by atoms with Gasteiger partial charge in [-0.15, -0.1) is 10.2 Å². The van der Waals surface area contributed by atoms with Crippen LogP contribution < -0.4 is 9.47 Å². The highest BCUT2D eigenvalue weighted by Crippen LogP contribution is 2.21. The fourth-order valence-corrected chi connectivity index (χ4v) is 1.95. The molecule has 0 saturated carbocycles. The van der Waals surface area contributed by atoms with Gasteiger partial charge < -0.3 is 13.9 Å². The average molecular weight is 310 g/mol. The fourth-order valence-electron chi connectivity index (χ4n) is 1.95. The van der Waals surface area contributed by atoms with Gasteiger partial charge in [0, 0.05) is 11.1 Å². The van der Waals surface area contributed by atoms with Gasteiger partial charge in [0.2, 0.25) is 5.89 Å². The Morgan fingerprint density at radius 2 is 1.70 bits per heavy atom. The molecule has 1 aromatic heterocycles. The van der Waals surface area contributed by atoms with Crippen LogP contribution in [-0.4, -0.2) is 23.6 Å². The van der Waals surface area contributed by atoms with E-state index in [4.69, 9.17) is 13.9 Å². The maximum atomic E-state index is 10.6. The summed E-state index contributed by atoms with van der Waals surface area (Å²) in [4.78, 5) is 10.6. The summed E-state index contributed by atoms with van der Waals surface area (Å²) in [5.74, 6) is 2.17. The molecule has 0 amide bonds. The number of carbonyl (C=O) groups is 1. The van der Waals surface area contributed by atoms with E-state index in [-0.39, 0.29) is 6.61 Å². The lowest BCUT2D eigenvalue weighted by atomic mass is 10.2. The zero-order valence-electron chi connectivity index (χ0n) is 12.4. The third kappa shape index (κ3) is 3.55. The molecule has 0 saturated heterocycles. The number of aromatic nitrogens is 2. The van der Waals surface area contributed by atoms with Crippen molar-refractivity contribution >= 4 is 6.29 Å². The van der Waals surface area contributed by atoms with Gasteiger partial charge in [-0.25, -0.2) is 0 Å². The summed E-state index contributed by atoms with van der Waals surface area (Å²) in [6.45, 7) is 0.156. The maximum absolute atomic E-state index is 10.6. The van der Waals surface area contributed by atoms with Gasteiger partial charge >= 0.3 is 0 Å². The highest BCUT2D eigenvalue weighted by molar-refractivity contribution is 5.74. The topological polar surface area (TPSA) is 74.5 Å². The van der Waals surface area contributed by atoms with Crippen LogP contribution in [0.2, 0.25) is 0 Å². The van der Waals surface area contributed by atoms with Crippen molar-refractivity contribution in [2.24, 2.45) is 0 Å². The van der Waals surface area contributed by atoms with E-state index in [1.54, 1.807) is 31.4 Å². The molecule has 0 bridgehead atoms. The molecular formula is C17H14N2O4. The fraction of sp³-hybridized carbons (Fsp3) is 0.118. The van der Waals surface area contributed by atoms with Crippen molar-refractivity contribution in [1.82, 2.24) is 10.2 Å². The van der Waals surface area contributed by atoms with E-state index >= 15 is 0 Å². The first-order chi connectivity index (χ1) is 11.3. The Morgan fingerprint density at radius 3 is 2.35 bits per heavy atom. The molecule has 0 radical (unpaired) electrons. The van der Waals surface area contributed by atoms with Crippen molar-refractivity contribution < 1.29 is 18.7 Å². The van der Waals surface area contributed by atoms with Crippen LogP contribution in [-0.2, 0) is 6.61 Å². The number of hydrogen-bond donors (Lipinski definition) is 0. The van der Waals surface area contributed by atoms with Crippen molar-refractivity contribution in [3.63, 3.8) is 0 Å². The van der Waals surface area contributed by atoms with Gasteiger partial charge in [-0.2, -0.15) is 0 Å². The molecule has 0 aliphatic rings. The predicted octanol–water partition coefficient (Wildman–Crippen LogP) is 3.14. The molecule has 0 spiro atoms. The molecule has 6 nitrogen and oxygen atoms in total. The van der Waals surface area contributed by atoms with Gasteiger partial charge in [0.1, 0.15) is 17.8 Å². The van der Waals surface area contributed by atoms with Crippen LogP contribution in [0.3, 0.4) is 0 Å². The van der Waals surface area contributed by atoms with Gasteiger partial charge in [0.25, 0.3) is 5.89 Å². The number of rotatable bonds is 6. The van der Waals surface area contributed by atoms with Crippen LogP contribution in [0.25, 0.3) is 11.5 Å². The first-order valence-electron chi connectivity index (χ1n) is 6.93. The standard InChI is InChI=1S/C17H14N2O4/c1-21-14-8-4-13(5-9-14)17-19-18-16(23-17)11-22-15-6-2-12(10-20)3-7-15/h2-10H,11H2,1H3. The highest BCUT2D eigenvalue weighted by Gasteiger charge is 2.09. The molecule has 0 atom stereocenters. The normalized spacial score (nSPS) is 10.3. The van der Waals surface area contributed by atoms with Crippen molar-refractivity contribution in [2.75, 3.05) is 7.11 Å². The van der Waals surface area contributed by atoms with Crippen molar-refractivity contribution in [3.05, 3.63) is 60.0 Å². The Kier molecular flexibility index (Phi) is 4.33. The number of carbonyl (C=O) groups excluding carboxylic acids is 1. The van der Waals surface area contributed by atoms with E-state index in [0.29, 0.717) is 23.1 Å². The number of benzene rings is 2. The second-order valence-corrected chi connectivity index (χ2v) is 4.71. The van der Waals surface area contributed by atoms with Crippen LogP contribution >= 0.6 is 0 Å². The monoisotopic (exact) mass is 310 g/mol. The molecule has 3 aromatic rings. The minimum absolute atomic E-state index is 0.156. The van der Waals surface area contributed by atoms with Crippen molar-refractivity contribution in [2.45, 2.75) is 6.61 Å². The zero-order chi connectivity index (χ0) is 16.1. The Bertz CT molecular complexity index is 779. The molecule has 0 aliphatic heterocycles. The number of nitrogens with zero attached hydrogens (tertiary/aromatic N) is 2. The lowest BCUT2D eigenvalue weighted by Gasteiger charge is -2.02. The summed E-state index contributed by atoms with van der Waals surface area (Å²) in [6, 6.07) is 14.1. The van der Waals surface area contributed by atoms with Gasteiger partial charge in [-0.1, -0.05) is 0 Å². The number of methoxy groups -OCH3 is 1. The molecule has 116 valence electrons. The quantitative estimate of drug-likeness (QED) is 0.651. The summed E-state index contributed by atoms with van der Waals surface area (Å²) >= 11 is 0. The zero-order valence-corrected chi connectivity index (χ0v) is 12.4. The van der Waals surface area contributed by atoms with Gasteiger partial charge in [0.05, 0.1) is 7.11 Å². The lowest BCUT2D eigenvalue weighted by molar-refractivity contribution is 0.112. The number of ether oxygens (including phenoxy) is 2. The highest BCUT2D eigenvalue weighted by atomic mass is 16.5. The third-order valence-electron chi connectivity index (χ3n) is 3.18. The van der Waals surface area contributed by atoms with Crippen molar-refractivity contribution in [1.29, 1.82) is 0 Å². The van der Waals surface area contributed by atoms with E-state index in [9.17, 15) is 4.79 Å². The number of hydrogen-bond acceptors (Lipinski definition) is 6. The first-order valence-corrected chi connectivity index (χ1v) is 6.93. The Labute approximate surface area is 132 Å². The second kappa shape index (κ2) is 6.74. The molecule has 6 heteroatoms. The summed E-state index contributed by atoms with van der Waals surface area (Å²) in [6.07, 6.45) is 0.781. The molecule has 3 rings (SSSR count). The molecule has 1 heterocycles. The molecule has 0 fully saturated rings. The van der Waals surface area contributed by atoms with E-state index in [2.05, 4.69) is 10.2 Å². The van der Waals surface area contributed by atoms with Gasteiger partial charge in [-0.3, -0.25) is 4.79 Å². The van der Waals surface area contributed by atoms with Crippen LogP contribution in [0.4, 0.5) is 0 Å². The minimum atomic E-state index is 0.156. The second-order valence-electron chi connectivity index (χ2n) is 4.71. The average Bonchev–Trinajstić information content (AvgIpc) is 3.09. The lowest BCUT2D eigenvalue weighted by Crippen LogP contribution is -1.95. The molecular weight excluding hydrogens is 296 g/mol. The third-order valence-corrected chi connectivity index (χ3v) is 3.18. The number of aldehydes is 1. The van der Waals surface area contributed by atoms with E-state index in [0.717, 1.165) is 17.6 Å². The van der Waals surface area contributed by atoms with E-state index < -0.39 is 0 Å². The van der Waals surface area contributed by atoms with E-state index in [1.807, 2.05) is 24.3 Å². The molecule has 0 N–H and O–H groups in total. The predicted molar refractivity (Wildman–Crippen MR) is 82.4 cm³/mol. The SMILES string of the molecule is COc1ccc(-c2nnc(COc3ccc(C=O)cc3)o2)cc1. The Morgan fingerprint density at radius 1 is 1.00 bits per heavy atom. The molecule has 0 unspecified atom stereocenters. The molecule has 23 heavy (non-hydrogen) atoms. The van der Waals surface area contributed by atoms with Crippen molar-refractivity contribution in [3.8, 4) is 23.0 Å². The largest absolute Gasteiger partial charge is 0.497 e. The maximum Gasteiger partial charge on any atom is 0.254 e. The van der Waals surface area contributed by atoms with Gasteiger partial charge in [-0.05, 0) is 48.5 Å². The summed E-state index contributed by atoms with van der Waals surface area (Å²) in [5.41, 5.74) is 1.40. The minimum Gasteiger partial charge on any atom is -0.497 e. The molecule has 2 aromatic carbocycles. The first kappa shape index (κ1) is 14.8. The van der Waals surface area contributed by atoms with Crippen LogP contribution in [0, 0.1) is 0 Å². The van der Waals surface area contributed by atoms with Gasteiger partial charge in [0.15, 0.2) is 6.61 Å². The van der Waals surface area contributed by atoms with Crippen LogP contribution in [0.15, 0.2) is 52.9 Å². The summed E-state index contributed by atoms with van der Waals surface area (Å²) in [5, 5.41) is 7.95. The molecule has 0 aliphatic carbocycles. The Balaban J connectivity index is 1.65. The summed E-state index contributed by atoms with van der Waals surface area (Å²) < 4.78 is 16.2. The summed E-state index contributed by atoms with van der Waals surface area (Å²) in [7, 11) is 1.61. The van der Waals surface area contributed by atoms with E-state index in [1.165, 1.54) is 0 Å². The Hall–Kier alpha value is -3.15. The van der Waals surface area contributed by atoms with Crippen LogP contribution in [0.1, 0.15) is 16.2 Å².